The number of hydrogen-bond donors (Lipinski definition) is 3. The van der Waals surface area contributed by atoms with Crippen LogP contribution in [0.15, 0.2) is 22.7 Å². The number of carbonyl (C=O) groups is 2. The summed E-state index contributed by atoms with van der Waals surface area (Å²) in [6.45, 7) is 1.85. The summed E-state index contributed by atoms with van der Waals surface area (Å²) in [7, 11) is 0. The molecule has 0 aromatic heterocycles. The van der Waals surface area contributed by atoms with Crippen LogP contribution < -0.4 is 10.6 Å². The second kappa shape index (κ2) is 6.85. The molecule has 1 aliphatic rings. The molecule has 6 heteroatoms. The van der Waals surface area contributed by atoms with Gasteiger partial charge in [0.25, 0.3) is 0 Å². The van der Waals surface area contributed by atoms with Crippen molar-refractivity contribution in [3.8, 4) is 0 Å². The van der Waals surface area contributed by atoms with E-state index in [-0.39, 0.29) is 11.5 Å². The van der Waals surface area contributed by atoms with Crippen LogP contribution in [0.5, 0.6) is 0 Å². The smallest absolute Gasteiger partial charge is 0.337 e. The summed E-state index contributed by atoms with van der Waals surface area (Å²) in [6, 6.07) is 4.80. The molecule has 2 rings (SSSR count). The summed E-state index contributed by atoms with van der Waals surface area (Å²) in [4.78, 5) is 23.2. The molecule has 1 heterocycles. The van der Waals surface area contributed by atoms with Gasteiger partial charge in [0, 0.05) is 10.9 Å². The Morgan fingerprint density at radius 2 is 2.25 bits per heavy atom. The minimum atomic E-state index is -1.05. The van der Waals surface area contributed by atoms with E-state index in [1.54, 1.807) is 12.1 Å². The fourth-order valence-corrected chi connectivity index (χ4v) is 2.73. The van der Waals surface area contributed by atoms with Gasteiger partial charge in [-0.05, 0) is 50.0 Å². The van der Waals surface area contributed by atoms with E-state index < -0.39 is 5.97 Å². The molecule has 1 saturated heterocycles. The molecule has 20 heavy (non-hydrogen) atoms. The van der Waals surface area contributed by atoms with Crippen LogP contribution in [0.25, 0.3) is 0 Å². The number of amides is 1. The van der Waals surface area contributed by atoms with Gasteiger partial charge >= 0.3 is 5.97 Å². The van der Waals surface area contributed by atoms with E-state index >= 15 is 0 Å². The lowest BCUT2D eigenvalue weighted by Crippen LogP contribution is -2.32. The number of benzene rings is 1. The van der Waals surface area contributed by atoms with Gasteiger partial charge < -0.3 is 15.7 Å². The summed E-state index contributed by atoms with van der Waals surface area (Å²) in [6.07, 6.45) is 2.53. The molecule has 1 aliphatic heterocycles. The molecule has 1 aromatic rings. The molecule has 0 aliphatic carbocycles. The number of hydrogen-bond acceptors (Lipinski definition) is 3. The number of halogens is 1. The van der Waals surface area contributed by atoms with Crippen molar-refractivity contribution in [2.75, 3.05) is 18.4 Å². The van der Waals surface area contributed by atoms with E-state index in [4.69, 9.17) is 5.11 Å². The lowest BCUT2D eigenvalue weighted by Gasteiger charge is -2.22. The molecule has 108 valence electrons. The normalized spacial score (nSPS) is 18.6. The summed E-state index contributed by atoms with van der Waals surface area (Å²) in [5.41, 5.74) is 0.434. The van der Waals surface area contributed by atoms with Crippen LogP contribution in [-0.4, -0.2) is 30.1 Å². The maximum atomic E-state index is 12.0. The van der Waals surface area contributed by atoms with Gasteiger partial charge in [0.15, 0.2) is 0 Å². The van der Waals surface area contributed by atoms with Gasteiger partial charge in [0.05, 0.1) is 11.3 Å². The average Bonchev–Trinajstić information content (AvgIpc) is 2.41. The quantitative estimate of drug-likeness (QED) is 0.786. The number of aromatic carboxylic acids is 1. The third-order valence-corrected chi connectivity index (χ3v) is 3.85. The summed E-state index contributed by atoms with van der Waals surface area (Å²) < 4.78 is 0.671. The minimum Gasteiger partial charge on any atom is -0.478 e. The zero-order valence-corrected chi connectivity index (χ0v) is 12.6. The third-order valence-electron chi connectivity index (χ3n) is 3.36. The number of piperidine rings is 1. The van der Waals surface area contributed by atoms with Crippen molar-refractivity contribution >= 4 is 33.5 Å². The number of carboxylic acids is 1. The summed E-state index contributed by atoms with van der Waals surface area (Å²) >= 11 is 3.23. The predicted octanol–water partition coefficient (Wildman–Crippen LogP) is 2.48. The number of rotatable bonds is 4. The number of carbonyl (C=O) groups excluding carboxylic acids is 1. The molecule has 0 bridgehead atoms. The van der Waals surface area contributed by atoms with Crippen molar-refractivity contribution < 1.29 is 14.7 Å². The molecule has 3 N–H and O–H groups in total. The standard InChI is InChI=1S/C14H17BrN2O3/c15-10-3-4-12(11(7-10)14(19)20)17-13(18)6-9-2-1-5-16-8-9/h3-4,7,9,16H,1-2,5-6,8H2,(H,17,18)(H,19,20). The summed E-state index contributed by atoms with van der Waals surface area (Å²) in [5, 5.41) is 15.1. The second-order valence-corrected chi connectivity index (χ2v) is 5.88. The van der Waals surface area contributed by atoms with E-state index in [1.807, 2.05) is 0 Å². The fraction of sp³-hybridized carbons (Fsp3) is 0.429. The van der Waals surface area contributed by atoms with Gasteiger partial charge in [-0.25, -0.2) is 4.79 Å². The van der Waals surface area contributed by atoms with E-state index in [0.29, 0.717) is 22.5 Å². The van der Waals surface area contributed by atoms with Crippen LogP contribution in [-0.2, 0) is 4.79 Å². The Labute approximate surface area is 125 Å². The van der Waals surface area contributed by atoms with Crippen LogP contribution in [0.4, 0.5) is 5.69 Å². The maximum absolute atomic E-state index is 12.0. The number of anilines is 1. The van der Waals surface area contributed by atoms with Gasteiger partial charge in [-0.3, -0.25) is 4.79 Å². The van der Waals surface area contributed by atoms with Crippen LogP contribution in [0, 0.1) is 5.92 Å². The predicted molar refractivity (Wildman–Crippen MR) is 79.9 cm³/mol. The summed E-state index contributed by atoms with van der Waals surface area (Å²) in [5.74, 6) is -0.864. The first-order valence-corrected chi connectivity index (χ1v) is 7.39. The fourth-order valence-electron chi connectivity index (χ4n) is 2.36. The lowest BCUT2D eigenvalue weighted by molar-refractivity contribution is -0.117. The molecular weight excluding hydrogens is 324 g/mol. The number of carboxylic acid groups (broad SMARTS) is 1. The Balaban J connectivity index is 2.01. The minimum absolute atomic E-state index is 0.0921. The van der Waals surface area contributed by atoms with Gasteiger partial charge in [-0.2, -0.15) is 0 Å². The van der Waals surface area contributed by atoms with Crippen LogP contribution in [0.2, 0.25) is 0 Å². The van der Waals surface area contributed by atoms with Crippen molar-refractivity contribution in [1.82, 2.24) is 5.32 Å². The highest BCUT2D eigenvalue weighted by molar-refractivity contribution is 9.10. The zero-order valence-electron chi connectivity index (χ0n) is 11.0. The second-order valence-electron chi connectivity index (χ2n) is 4.96. The molecule has 1 atom stereocenters. The molecule has 0 spiro atoms. The highest BCUT2D eigenvalue weighted by Crippen LogP contribution is 2.22. The Morgan fingerprint density at radius 3 is 2.90 bits per heavy atom. The Hall–Kier alpha value is -1.40. The van der Waals surface area contributed by atoms with E-state index in [2.05, 4.69) is 26.6 Å². The zero-order chi connectivity index (χ0) is 14.5. The molecule has 1 fully saturated rings. The maximum Gasteiger partial charge on any atom is 0.337 e. The monoisotopic (exact) mass is 340 g/mol. The van der Waals surface area contributed by atoms with Gasteiger partial charge in [0.2, 0.25) is 5.91 Å². The average molecular weight is 341 g/mol. The van der Waals surface area contributed by atoms with Gasteiger partial charge in [0.1, 0.15) is 0 Å². The van der Waals surface area contributed by atoms with Crippen molar-refractivity contribution in [3.63, 3.8) is 0 Å². The molecule has 5 nitrogen and oxygen atoms in total. The third kappa shape index (κ3) is 4.05. The van der Waals surface area contributed by atoms with Crippen LogP contribution >= 0.6 is 15.9 Å². The van der Waals surface area contributed by atoms with Crippen molar-refractivity contribution in [2.45, 2.75) is 19.3 Å². The van der Waals surface area contributed by atoms with Gasteiger partial charge in [-0.1, -0.05) is 15.9 Å². The molecular formula is C14H17BrN2O3. The van der Waals surface area contributed by atoms with Crippen LogP contribution in [0.1, 0.15) is 29.6 Å². The molecule has 1 amide bonds. The Bertz CT molecular complexity index is 513. The van der Waals surface area contributed by atoms with Crippen LogP contribution in [0.3, 0.4) is 0 Å². The van der Waals surface area contributed by atoms with E-state index in [0.717, 1.165) is 25.9 Å². The lowest BCUT2D eigenvalue weighted by atomic mass is 9.96. The van der Waals surface area contributed by atoms with Crippen molar-refractivity contribution in [1.29, 1.82) is 0 Å². The molecule has 0 radical (unpaired) electrons. The first-order chi connectivity index (χ1) is 9.56. The van der Waals surface area contributed by atoms with Crippen molar-refractivity contribution in [2.24, 2.45) is 5.92 Å². The molecule has 1 aromatic carbocycles. The highest BCUT2D eigenvalue weighted by Gasteiger charge is 2.18. The topological polar surface area (TPSA) is 78.4 Å². The highest BCUT2D eigenvalue weighted by atomic mass is 79.9. The first-order valence-electron chi connectivity index (χ1n) is 6.59. The van der Waals surface area contributed by atoms with E-state index in [9.17, 15) is 9.59 Å². The molecule has 0 saturated carbocycles. The van der Waals surface area contributed by atoms with Gasteiger partial charge in [-0.15, -0.1) is 0 Å². The molecule has 1 unspecified atom stereocenters. The first kappa shape index (κ1) is 15.0. The van der Waals surface area contributed by atoms with Crippen molar-refractivity contribution in [3.05, 3.63) is 28.2 Å². The number of nitrogens with one attached hydrogen (secondary N) is 2. The van der Waals surface area contributed by atoms with E-state index in [1.165, 1.54) is 6.07 Å². The Kier molecular flexibility index (Phi) is 5.14. The SMILES string of the molecule is O=C(CC1CCCNC1)Nc1ccc(Br)cc1C(=O)O. The Morgan fingerprint density at radius 1 is 1.45 bits per heavy atom. The largest absolute Gasteiger partial charge is 0.478 e.